The largest absolute Gasteiger partial charge is 0.479 e. The molecule has 6 nitrogen and oxygen atoms in total. The van der Waals surface area contributed by atoms with Gasteiger partial charge in [0, 0.05) is 19.2 Å². The number of ether oxygens (including phenoxy) is 1. The fraction of sp³-hybridized carbons (Fsp3) is 0.462. The predicted octanol–water partition coefficient (Wildman–Crippen LogP) is 1.44. The lowest BCUT2D eigenvalue weighted by atomic mass is 10.2. The summed E-state index contributed by atoms with van der Waals surface area (Å²) >= 11 is 0. The van der Waals surface area contributed by atoms with Gasteiger partial charge in [0.25, 0.3) is 5.91 Å². The van der Waals surface area contributed by atoms with E-state index >= 15 is 0 Å². The topological polar surface area (TPSA) is 75.7 Å². The van der Waals surface area contributed by atoms with Crippen molar-refractivity contribution in [3.63, 3.8) is 0 Å². The molecule has 1 amide bonds. The van der Waals surface area contributed by atoms with Crippen LogP contribution in [0.3, 0.4) is 0 Å². The number of hydrogen-bond donors (Lipinski definition) is 1. The molecule has 1 aliphatic heterocycles. The molecule has 2 rings (SSSR count). The molecule has 0 saturated carbocycles. The minimum Gasteiger partial charge on any atom is -0.479 e. The third kappa shape index (κ3) is 2.51. The van der Waals surface area contributed by atoms with Gasteiger partial charge in [-0.05, 0) is 19.1 Å². The van der Waals surface area contributed by atoms with Crippen LogP contribution in [0.5, 0.6) is 5.75 Å². The van der Waals surface area contributed by atoms with Crippen molar-refractivity contribution in [3.8, 4) is 5.75 Å². The molecule has 0 fully saturated rings. The first-order valence-corrected chi connectivity index (χ1v) is 7.95. The van der Waals surface area contributed by atoms with Crippen LogP contribution in [0, 0.1) is 0 Å². The Labute approximate surface area is 118 Å². The lowest BCUT2D eigenvalue weighted by Gasteiger charge is -2.24. The second-order valence-corrected chi connectivity index (χ2v) is 6.43. The lowest BCUT2D eigenvalue weighted by molar-refractivity contribution is -0.122. The smallest absolute Gasteiger partial charge is 0.265 e. The van der Waals surface area contributed by atoms with Crippen LogP contribution in [-0.4, -0.2) is 37.8 Å². The maximum atomic E-state index is 12.4. The molecule has 0 aliphatic carbocycles. The van der Waals surface area contributed by atoms with Gasteiger partial charge in [0.05, 0.1) is 10.6 Å². The third-order valence-corrected chi connectivity index (χ3v) is 5.27. The number of nitrogens with zero attached hydrogens (tertiary/aromatic N) is 1. The summed E-state index contributed by atoms with van der Waals surface area (Å²) in [5.41, 5.74) is 0.492. The molecule has 1 aliphatic rings. The van der Waals surface area contributed by atoms with Gasteiger partial charge in [-0.2, -0.15) is 4.31 Å². The number of rotatable bonds is 4. The first-order valence-electron chi connectivity index (χ1n) is 6.51. The molecule has 0 saturated heterocycles. The van der Waals surface area contributed by atoms with Gasteiger partial charge < -0.3 is 10.1 Å². The lowest BCUT2D eigenvalue weighted by Crippen LogP contribution is -2.35. The van der Waals surface area contributed by atoms with Crippen LogP contribution in [0.2, 0.25) is 0 Å². The number of benzene rings is 1. The molecule has 110 valence electrons. The molecule has 1 atom stereocenters. The van der Waals surface area contributed by atoms with E-state index in [4.69, 9.17) is 4.74 Å². The monoisotopic (exact) mass is 298 g/mol. The minimum atomic E-state index is -3.53. The second-order valence-electron chi connectivity index (χ2n) is 4.50. The van der Waals surface area contributed by atoms with E-state index in [-0.39, 0.29) is 10.8 Å². The summed E-state index contributed by atoms with van der Waals surface area (Å²) in [5.74, 6) is 0.141. The van der Waals surface area contributed by atoms with E-state index in [0.29, 0.717) is 24.5 Å². The normalized spacial score (nSPS) is 18.4. The molecule has 7 heteroatoms. The van der Waals surface area contributed by atoms with Crippen molar-refractivity contribution in [3.05, 3.63) is 18.2 Å². The van der Waals surface area contributed by atoms with Gasteiger partial charge in [-0.25, -0.2) is 8.42 Å². The van der Waals surface area contributed by atoms with Crippen LogP contribution in [0.25, 0.3) is 0 Å². The van der Waals surface area contributed by atoms with Crippen molar-refractivity contribution in [2.24, 2.45) is 0 Å². The van der Waals surface area contributed by atoms with Gasteiger partial charge in [0.1, 0.15) is 5.75 Å². The Morgan fingerprint density at radius 3 is 2.55 bits per heavy atom. The fourth-order valence-electron chi connectivity index (χ4n) is 2.05. The molecule has 1 N–H and O–H groups in total. The second kappa shape index (κ2) is 5.41. The summed E-state index contributed by atoms with van der Waals surface area (Å²) in [6, 6.07) is 4.49. The van der Waals surface area contributed by atoms with Gasteiger partial charge in [-0.1, -0.05) is 13.8 Å². The zero-order chi connectivity index (χ0) is 14.9. The van der Waals surface area contributed by atoms with Crippen LogP contribution < -0.4 is 10.1 Å². The van der Waals surface area contributed by atoms with Crippen LogP contribution in [0.1, 0.15) is 20.8 Å². The van der Waals surface area contributed by atoms with Crippen molar-refractivity contribution in [1.82, 2.24) is 4.31 Å². The van der Waals surface area contributed by atoms with E-state index in [9.17, 15) is 13.2 Å². The number of nitrogens with one attached hydrogen (secondary N) is 1. The standard InChI is InChI=1S/C13H18N2O4S/c1-4-15(5-2)20(17,18)10-6-7-11-12(8-10)19-9(3)13(16)14-11/h6-9H,4-5H2,1-3H3,(H,14,16)/t9-/m1/s1. The van der Waals surface area contributed by atoms with E-state index in [1.54, 1.807) is 26.8 Å². The molecule has 0 unspecified atom stereocenters. The van der Waals surface area contributed by atoms with Crippen molar-refractivity contribution < 1.29 is 17.9 Å². The molecular formula is C13H18N2O4S. The average molecular weight is 298 g/mol. The molecule has 1 aromatic rings. The van der Waals surface area contributed by atoms with Crippen LogP contribution in [0.15, 0.2) is 23.1 Å². The van der Waals surface area contributed by atoms with Crippen LogP contribution in [0.4, 0.5) is 5.69 Å². The highest BCUT2D eigenvalue weighted by atomic mass is 32.2. The van der Waals surface area contributed by atoms with E-state index < -0.39 is 16.1 Å². The third-order valence-electron chi connectivity index (χ3n) is 3.23. The van der Waals surface area contributed by atoms with E-state index in [0.717, 1.165) is 0 Å². The Morgan fingerprint density at radius 1 is 1.30 bits per heavy atom. The SMILES string of the molecule is CCN(CC)S(=O)(=O)c1ccc2c(c1)O[C@H](C)C(=O)N2. The number of amides is 1. The molecule has 0 bridgehead atoms. The maximum absolute atomic E-state index is 12.4. The summed E-state index contributed by atoms with van der Waals surface area (Å²) in [4.78, 5) is 11.6. The number of anilines is 1. The predicted molar refractivity (Wildman–Crippen MR) is 75.3 cm³/mol. The Balaban J connectivity index is 2.42. The molecule has 1 heterocycles. The number of carbonyl (C=O) groups excluding carboxylic acids is 1. The van der Waals surface area contributed by atoms with Gasteiger partial charge in [-0.3, -0.25) is 4.79 Å². The zero-order valence-electron chi connectivity index (χ0n) is 11.7. The van der Waals surface area contributed by atoms with E-state index in [2.05, 4.69) is 5.32 Å². The van der Waals surface area contributed by atoms with Crippen molar-refractivity contribution in [1.29, 1.82) is 0 Å². The fourth-order valence-corrected chi connectivity index (χ4v) is 3.53. The summed E-state index contributed by atoms with van der Waals surface area (Å²) in [6.45, 7) is 6.01. The van der Waals surface area contributed by atoms with E-state index in [1.807, 2.05) is 0 Å². The Hall–Kier alpha value is -1.60. The quantitative estimate of drug-likeness (QED) is 0.912. The zero-order valence-corrected chi connectivity index (χ0v) is 12.5. The molecular weight excluding hydrogens is 280 g/mol. The molecule has 0 radical (unpaired) electrons. The number of hydrogen-bond acceptors (Lipinski definition) is 4. The highest BCUT2D eigenvalue weighted by Crippen LogP contribution is 2.32. The average Bonchev–Trinajstić information content (AvgIpc) is 2.40. The van der Waals surface area contributed by atoms with Gasteiger partial charge in [0.2, 0.25) is 10.0 Å². The van der Waals surface area contributed by atoms with E-state index in [1.165, 1.54) is 16.4 Å². The minimum absolute atomic E-state index is 0.170. The van der Waals surface area contributed by atoms with Crippen molar-refractivity contribution in [2.45, 2.75) is 31.8 Å². The van der Waals surface area contributed by atoms with Gasteiger partial charge in [-0.15, -0.1) is 0 Å². The van der Waals surface area contributed by atoms with Crippen molar-refractivity contribution in [2.75, 3.05) is 18.4 Å². The number of sulfonamides is 1. The highest BCUT2D eigenvalue weighted by Gasteiger charge is 2.27. The summed E-state index contributed by atoms with van der Waals surface area (Å²) < 4.78 is 31.6. The molecule has 0 aromatic heterocycles. The summed E-state index contributed by atoms with van der Waals surface area (Å²) in [7, 11) is -3.53. The molecule has 0 spiro atoms. The molecule has 1 aromatic carbocycles. The summed E-state index contributed by atoms with van der Waals surface area (Å²) in [5, 5.41) is 2.67. The summed E-state index contributed by atoms with van der Waals surface area (Å²) in [6.07, 6.45) is -0.631. The Bertz CT molecular complexity index is 623. The Morgan fingerprint density at radius 2 is 1.95 bits per heavy atom. The van der Waals surface area contributed by atoms with Gasteiger partial charge in [0.15, 0.2) is 6.10 Å². The number of fused-ring (bicyclic) bond motifs is 1. The first kappa shape index (κ1) is 14.8. The highest BCUT2D eigenvalue weighted by molar-refractivity contribution is 7.89. The Kier molecular flexibility index (Phi) is 4.01. The maximum Gasteiger partial charge on any atom is 0.265 e. The van der Waals surface area contributed by atoms with Gasteiger partial charge >= 0.3 is 0 Å². The van der Waals surface area contributed by atoms with Crippen LogP contribution in [-0.2, 0) is 14.8 Å². The number of carbonyl (C=O) groups is 1. The van der Waals surface area contributed by atoms with Crippen molar-refractivity contribution >= 4 is 21.6 Å². The van der Waals surface area contributed by atoms with Crippen LogP contribution >= 0.6 is 0 Å². The molecule has 20 heavy (non-hydrogen) atoms. The first-order chi connectivity index (χ1) is 9.40.